The smallest absolute Gasteiger partial charge is 0.330 e. The van der Waals surface area contributed by atoms with Crippen molar-refractivity contribution < 1.29 is 19.1 Å². The van der Waals surface area contributed by atoms with Gasteiger partial charge in [0.25, 0.3) is 0 Å². The molecule has 134 valence electrons. The number of nitrogens with zero attached hydrogens (tertiary/aromatic N) is 4. The molecule has 1 atom stereocenters. The molecule has 3 rings (SSSR count). The van der Waals surface area contributed by atoms with Crippen LogP contribution in [0.4, 0.5) is 0 Å². The Hall–Kier alpha value is -3.07. The minimum absolute atomic E-state index is 0.225. The predicted molar refractivity (Wildman–Crippen MR) is 94.0 cm³/mol. The topological polar surface area (TPSA) is 96.2 Å². The Kier molecular flexibility index (Phi) is 5.37. The lowest BCUT2D eigenvalue weighted by Crippen LogP contribution is -2.27. The number of rotatable bonds is 7. The van der Waals surface area contributed by atoms with E-state index in [9.17, 15) is 9.59 Å². The quantitative estimate of drug-likeness (QED) is 0.463. The zero-order valence-corrected chi connectivity index (χ0v) is 15.0. The van der Waals surface area contributed by atoms with Crippen LogP contribution in [0.1, 0.15) is 17.3 Å². The molecule has 0 spiro atoms. The van der Waals surface area contributed by atoms with Crippen LogP contribution in [0.15, 0.2) is 41.1 Å². The predicted octanol–water partition coefficient (Wildman–Crippen LogP) is 2.22. The fraction of sp³-hybridized carbons (Fsp3) is 0.235. The monoisotopic (exact) mass is 372 g/mol. The molecule has 0 amide bonds. The number of hydrogen-bond acceptors (Lipinski definition) is 8. The largest absolute Gasteiger partial charge is 0.497 e. The van der Waals surface area contributed by atoms with E-state index in [4.69, 9.17) is 9.47 Å². The second kappa shape index (κ2) is 7.87. The van der Waals surface area contributed by atoms with Crippen LogP contribution in [-0.2, 0) is 16.1 Å². The van der Waals surface area contributed by atoms with Crippen LogP contribution < -0.4 is 4.74 Å². The number of methoxy groups -OCH3 is 1. The van der Waals surface area contributed by atoms with Gasteiger partial charge in [0.1, 0.15) is 5.75 Å². The van der Waals surface area contributed by atoms with Crippen LogP contribution in [-0.4, -0.2) is 45.2 Å². The molecular weight excluding hydrogens is 356 g/mol. The van der Waals surface area contributed by atoms with Crippen molar-refractivity contribution in [1.29, 1.82) is 0 Å². The van der Waals surface area contributed by atoms with E-state index in [1.54, 1.807) is 31.4 Å². The summed E-state index contributed by atoms with van der Waals surface area (Å²) in [7, 11) is 1.54. The van der Waals surface area contributed by atoms with Gasteiger partial charge >= 0.3 is 5.97 Å². The lowest BCUT2D eigenvalue weighted by Gasteiger charge is -2.12. The van der Waals surface area contributed by atoms with Crippen molar-refractivity contribution in [3.63, 3.8) is 0 Å². The molecule has 0 aliphatic carbocycles. The summed E-state index contributed by atoms with van der Waals surface area (Å²) in [6.45, 7) is 1.30. The van der Waals surface area contributed by atoms with E-state index in [0.717, 1.165) is 10.4 Å². The third-order valence-electron chi connectivity index (χ3n) is 3.55. The molecule has 1 aromatic carbocycles. The highest BCUT2D eigenvalue weighted by Crippen LogP contribution is 2.17. The highest BCUT2D eigenvalue weighted by molar-refractivity contribution is 7.08. The van der Waals surface area contributed by atoms with Gasteiger partial charge in [-0.05, 0) is 47.8 Å². The summed E-state index contributed by atoms with van der Waals surface area (Å²) in [6.07, 6.45) is -0.921. The molecule has 0 aliphatic rings. The molecule has 2 aromatic heterocycles. The number of Topliss-reactive ketones (excluding diaryl/α,β-unsaturated/α-hetero) is 1. The standard InChI is InChI=1S/C17H16N4O4S/c1-11(16(23)12-3-5-14(24-2)6-4-12)25-15(22)9-21-19-17(18-20-21)13-7-8-26-10-13/h3-8,10-11H,9H2,1-2H3/t11-/m0/s1. The van der Waals surface area contributed by atoms with Crippen molar-refractivity contribution in [2.75, 3.05) is 7.11 Å². The van der Waals surface area contributed by atoms with E-state index >= 15 is 0 Å². The van der Waals surface area contributed by atoms with Crippen LogP contribution in [0.5, 0.6) is 5.75 Å². The Balaban J connectivity index is 1.57. The molecule has 0 unspecified atom stereocenters. The lowest BCUT2D eigenvalue weighted by atomic mass is 10.1. The van der Waals surface area contributed by atoms with Crippen LogP contribution in [0, 0.1) is 0 Å². The van der Waals surface area contributed by atoms with Gasteiger partial charge < -0.3 is 9.47 Å². The highest BCUT2D eigenvalue weighted by Gasteiger charge is 2.20. The van der Waals surface area contributed by atoms with Crippen molar-refractivity contribution in [3.05, 3.63) is 46.7 Å². The third-order valence-corrected chi connectivity index (χ3v) is 4.24. The molecule has 2 heterocycles. The van der Waals surface area contributed by atoms with Gasteiger partial charge in [0.2, 0.25) is 11.6 Å². The molecule has 0 aliphatic heterocycles. The van der Waals surface area contributed by atoms with E-state index in [1.165, 1.54) is 18.3 Å². The molecule has 8 nitrogen and oxygen atoms in total. The number of carbonyl (C=O) groups is 2. The molecular formula is C17H16N4O4S. The van der Waals surface area contributed by atoms with Crippen molar-refractivity contribution >= 4 is 23.1 Å². The highest BCUT2D eigenvalue weighted by atomic mass is 32.1. The average Bonchev–Trinajstić information content (AvgIpc) is 3.32. The molecule has 3 aromatic rings. The summed E-state index contributed by atoms with van der Waals surface area (Å²) < 4.78 is 10.2. The maximum absolute atomic E-state index is 12.3. The molecule has 0 N–H and O–H groups in total. The Bertz CT molecular complexity index is 890. The lowest BCUT2D eigenvalue weighted by molar-refractivity contribution is -0.147. The molecule has 0 saturated heterocycles. The summed E-state index contributed by atoms with van der Waals surface area (Å²) in [6, 6.07) is 8.45. The first-order valence-electron chi connectivity index (χ1n) is 7.75. The second-order valence-corrected chi connectivity index (χ2v) is 6.16. The van der Waals surface area contributed by atoms with Crippen LogP contribution in [0.3, 0.4) is 0 Å². The summed E-state index contributed by atoms with van der Waals surface area (Å²) >= 11 is 1.52. The Morgan fingerprint density at radius 2 is 2.00 bits per heavy atom. The van der Waals surface area contributed by atoms with Crippen LogP contribution in [0.25, 0.3) is 11.4 Å². The first kappa shape index (κ1) is 17.7. The normalized spacial score (nSPS) is 11.8. The van der Waals surface area contributed by atoms with Gasteiger partial charge in [0.15, 0.2) is 12.6 Å². The SMILES string of the molecule is COc1ccc(C(=O)[C@H](C)OC(=O)Cn2nnc(-c3ccsc3)n2)cc1. The van der Waals surface area contributed by atoms with Crippen molar-refractivity contribution in [2.24, 2.45) is 0 Å². The van der Waals surface area contributed by atoms with E-state index in [0.29, 0.717) is 17.1 Å². The number of thiophene rings is 1. The zero-order chi connectivity index (χ0) is 18.5. The van der Waals surface area contributed by atoms with Crippen molar-refractivity contribution in [2.45, 2.75) is 19.6 Å². The molecule has 0 bridgehead atoms. The first-order chi connectivity index (χ1) is 12.6. The zero-order valence-electron chi connectivity index (χ0n) is 14.2. The van der Waals surface area contributed by atoms with E-state index in [-0.39, 0.29) is 12.3 Å². The summed E-state index contributed by atoms with van der Waals surface area (Å²) in [5, 5.41) is 15.6. The number of benzene rings is 1. The van der Waals surface area contributed by atoms with E-state index in [1.807, 2.05) is 16.8 Å². The number of ketones is 1. The number of aromatic nitrogens is 4. The maximum Gasteiger partial charge on any atom is 0.330 e. The Morgan fingerprint density at radius 3 is 2.65 bits per heavy atom. The van der Waals surface area contributed by atoms with Crippen LogP contribution >= 0.6 is 11.3 Å². The summed E-state index contributed by atoms with van der Waals surface area (Å²) in [5.74, 6) is 0.159. The Morgan fingerprint density at radius 1 is 1.23 bits per heavy atom. The fourth-order valence-corrected chi connectivity index (χ4v) is 2.85. The summed E-state index contributed by atoms with van der Waals surface area (Å²) in [4.78, 5) is 25.5. The molecule has 0 radical (unpaired) electrons. The van der Waals surface area contributed by atoms with Gasteiger partial charge in [-0.25, -0.2) is 4.79 Å². The molecule has 0 fully saturated rings. The van der Waals surface area contributed by atoms with Gasteiger partial charge in [0.05, 0.1) is 7.11 Å². The van der Waals surface area contributed by atoms with Gasteiger partial charge in [0, 0.05) is 16.5 Å². The minimum Gasteiger partial charge on any atom is -0.497 e. The number of esters is 1. The third kappa shape index (κ3) is 4.12. The number of tetrazole rings is 1. The maximum atomic E-state index is 12.3. The van der Waals surface area contributed by atoms with Crippen molar-refractivity contribution in [1.82, 2.24) is 20.2 Å². The van der Waals surface area contributed by atoms with Gasteiger partial charge in [-0.3, -0.25) is 4.79 Å². The van der Waals surface area contributed by atoms with Gasteiger partial charge in [-0.2, -0.15) is 16.1 Å². The van der Waals surface area contributed by atoms with E-state index < -0.39 is 12.1 Å². The van der Waals surface area contributed by atoms with Crippen molar-refractivity contribution in [3.8, 4) is 17.1 Å². The summed E-state index contributed by atoms with van der Waals surface area (Å²) in [5.41, 5.74) is 1.27. The second-order valence-electron chi connectivity index (χ2n) is 5.38. The first-order valence-corrected chi connectivity index (χ1v) is 8.69. The number of hydrogen-bond donors (Lipinski definition) is 0. The fourth-order valence-electron chi connectivity index (χ4n) is 2.21. The van der Waals surface area contributed by atoms with Gasteiger partial charge in [-0.1, -0.05) is 0 Å². The van der Waals surface area contributed by atoms with E-state index in [2.05, 4.69) is 15.4 Å². The molecule has 9 heteroatoms. The molecule has 26 heavy (non-hydrogen) atoms. The number of ether oxygens (including phenoxy) is 2. The van der Waals surface area contributed by atoms with Crippen LogP contribution in [0.2, 0.25) is 0 Å². The Labute approximate surface area is 153 Å². The minimum atomic E-state index is -0.921. The number of carbonyl (C=O) groups excluding carboxylic acids is 2. The van der Waals surface area contributed by atoms with Gasteiger partial charge in [-0.15, -0.1) is 10.2 Å². The molecule has 0 saturated carbocycles. The average molecular weight is 372 g/mol.